The van der Waals surface area contributed by atoms with Crippen molar-refractivity contribution in [2.24, 2.45) is 0 Å². The van der Waals surface area contributed by atoms with Gasteiger partial charge in [0.1, 0.15) is 0 Å². The van der Waals surface area contributed by atoms with Gasteiger partial charge in [-0.05, 0) is 90.1 Å². The fourth-order valence-electron chi connectivity index (χ4n) is 3.38. The Morgan fingerprint density at radius 3 is 2.38 bits per heavy atom. The van der Waals surface area contributed by atoms with Crippen molar-refractivity contribution in [1.82, 2.24) is 4.72 Å². The number of hydrogen-bond acceptors (Lipinski definition) is 5. The van der Waals surface area contributed by atoms with Crippen LogP contribution in [0, 0.1) is 0 Å². The van der Waals surface area contributed by atoms with Gasteiger partial charge in [0, 0.05) is 23.2 Å². The fraction of sp³-hybridized carbons (Fsp3) is 0.667. The third kappa shape index (κ3) is 3.34. The first-order valence-corrected chi connectivity index (χ1v) is 9.66. The Morgan fingerprint density at radius 1 is 1.17 bits per heavy atom. The summed E-state index contributed by atoms with van der Waals surface area (Å²) in [5.74, 6) is 0. The average Bonchev–Trinajstić information content (AvgIpc) is 3.00. The van der Waals surface area contributed by atoms with Gasteiger partial charge in [0.25, 0.3) is 0 Å². The van der Waals surface area contributed by atoms with Crippen molar-refractivity contribution in [2.75, 3.05) is 18.5 Å². The van der Waals surface area contributed by atoms with Gasteiger partial charge in [-0.1, -0.05) is 0 Å². The van der Waals surface area contributed by atoms with Crippen LogP contribution in [0.4, 0.5) is 5.69 Å². The summed E-state index contributed by atoms with van der Waals surface area (Å²) in [6, 6.07) is 7.26. The summed E-state index contributed by atoms with van der Waals surface area (Å²) >= 11 is 1.63. The molecular formula is C18H29BN2O2S. The van der Waals surface area contributed by atoms with Gasteiger partial charge in [0.05, 0.1) is 11.2 Å². The summed E-state index contributed by atoms with van der Waals surface area (Å²) in [6.45, 7) is 11.8. The number of hydrogen-bond donors (Lipinski definition) is 1. The molecule has 0 bridgehead atoms. The van der Waals surface area contributed by atoms with Crippen LogP contribution < -0.4 is 15.1 Å². The monoisotopic (exact) mass is 348 g/mol. The van der Waals surface area contributed by atoms with E-state index in [1.807, 2.05) is 7.05 Å². The van der Waals surface area contributed by atoms with E-state index >= 15 is 0 Å². The molecule has 0 spiro atoms. The Kier molecular flexibility index (Phi) is 4.95. The minimum absolute atomic E-state index is 0.315. The molecule has 0 radical (unpaired) electrons. The first kappa shape index (κ1) is 18.1. The molecule has 132 valence electrons. The first-order chi connectivity index (χ1) is 11.2. The van der Waals surface area contributed by atoms with Gasteiger partial charge in [0.15, 0.2) is 0 Å². The third-order valence-electron chi connectivity index (χ3n) is 5.54. The summed E-state index contributed by atoms with van der Waals surface area (Å²) < 4.78 is 15.7. The second kappa shape index (κ2) is 6.56. The number of benzene rings is 1. The van der Waals surface area contributed by atoms with E-state index in [9.17, 15) is 0 Å². The highest BCUT2D eigenvalue weighted by atomic mass is 32.2. The van der Waals surface area contributed by atoms with E-state index in [2.05, 4.69) is 62.4 Å². The van der Waals surface area contributed by atoms with E-state index in [4.69, 9.17) is 9.31 Å². The van der Waals surface area contributed by atoms with Crippen molar-refractivity contribution in [1.29, 1.82) is 0 Å². The molecule has 2 saturated heterocycles. The SMILES string of the molecule is CNSc1cc(B2OC(C)(C)C(C)(C)O2)cc(N2CCCC2C)c1. The summed E-state index contributed by atoms with van der Waals surface area (Å²) in [6.07, 6.45) is 2.52. The maximum atomic E-state index is 6.26. The number of nitrogens with one attached hydrogen (secondary N) is 1. The van der Waals surface area contributed by atoms with Crippen molar-refractivity contribution in [2.45, 2.75) is 69.6 Å². The predicted molar refractivity (Wildman–Crippen MR) is 103 cm³/mol. The number of anilines is 1. The molecule has 0 aromatic heterocycles. The van der Waals surface area contributed by atoms with Crippen LogP contribution in [0.2, 0.25) is 0 Å². The zero-order chi connectivity index (χ0) is 17.5. The standard InChI is InChI=1S/C18H29BN2O2S/c1-13-8-7-9-21(13)15-10-14(11-16(12-15)24-20-6)19-22-17(2,3)18(4,5)23-19/h10-13,20H,7-9H2,1-6H3. The second-order valence-electron chi connectivity index (χ2n) is 7.84. The van der Waals surface area contributed by atoms with Gasteiger partial charge in [-0.3, -0.25) is 4.72 Å². The van der Waals surface area contributed by atoms with Crippen LogP contribution in [0.5, 0.6) is 0 Å². The van der Waals surface area contributed by atoms with E-state index in [-0.39, 0.29) is 18.3 Å². The van der Waals surface area contributed by atoms with E-state index in [1.54, 1.807) is 11.9 Å². The average molecular weight is 348 g/mol. The van der Waals surface area contributed by atoms with E-state index in [0.29, 0.717) is 6.04 Å². The smallest absolute Gasteiger partial charge is 0.399 e. The van der Waals surface area contributed by atoms with Crippen molar-refractivity contribution in [3.05, 3.63) is 18.2 Å². The van der Waals surface area contributed by atoms with E-state index in [1.165, 1.54) is 23.4 Å². The van der Waals surface area contributed by atoms with Crippen LogP contribution in [-0.4, -0.2) is 38.0 Å². The Bertz CT molecular complexity index is 593. The Labute approximate surface area is 150 Å². The van der Waals surface area contributed by atoms with Gasteiger partial charge in [-0.2, -0.15) is 0 Å². The summed E-state index contributed by atoms with van der Waals surface area (Å²) in [5, 5.41) is 0. The highest BCUT2D eigenvalue weighted by Gasteiger charge is 2.51. The van der Waals surface area contributed by atoms with Gasteiger partial charge in [-0.25, -0.2) is 0 Å². The van der Waals surface area contributed by atoms with E-state index < -0.39 is 0 Å². The zero-order valence-electron chi connectivity index (χ0n) is 15.7. The van der Waals surface area contributed by atoms with Crippen LogP contribution in [0.3, 0.4) is 0 Å². The van der Waals surface area contributed by atoms with Crippen LogP contribution in [-0.2, 0) is 9.31 Å². The Hall–Kier alpha value is -0.685. The minimum Gasteiger partial charge on any atom is -0.399 e. The predicted octanol–water partition coefficient (Wildman–Crippen LogP) is 3.20. The molecule has 6 heteroatoms. The van der Waals surface area contributed by atoms with Gasteiger partial charge >= 0.3 is 7.12 Å². The van der Waals surface area contributed by atoms with E-state index in [0.717, 1.165) is 12.0 Å². The fourth-order valence-corrected chi connectivity index (χ4v) is 3.99. The molecule has 1 atom stereocenters. The summed E-state index contributed by atoms with van der Waals surface area (Å²) in [4.78, 5) is 3.69. The van der Waals surface area contributed by atoms with Crippen LogP contribution in [0.15, 0.2) is 23.1 Å². The van der Waals surface area contributed by atoms with Crippen LogP contribution in [0.1, 0.15) is 47.5 Å². The van der Waals surface area contributed by atoms with Crippen molar-refractivity contribution in [3.63, 3.8) is 0 Å². The van der Waals surface area contributed by atoms with Gasteiger partial charge < -0.3 is 14.2 Å². The normalized spacial score (nSPS) is 25.5. The number of rotatable bonds is 4. The lowest BCUT2D eigenvalue weighted by Crippen LogP contribution is -2.41. The maximum absolute atomic E-state index is 6.26. The van der Waals surface area contributed by atoms with Gasteiger partial charge in [0.2, 0.25) is 0 Å². The lowest BCUT2D eigenvalue weighted by molar-refractivity contribution is 0.00578. The number of nitrogens with zero attached hydrogens (tertiary/aromatic N) is 1. The molecule has 0 saturated carbocycles. The zero-order valence-corrected chi connectivity index (χ0v) is 16.5. The molecule has 0 amide bonds. The molecule has 2 fully saturated rings. The maximum Gasteiger partial charge on any atom is 0.494 e. The Morgan fingerprint density at radius 2 is 1.83 bits per heavy atom. The highest BCUT2D eigenvalue weighted by molar-refractivity contribution is 7.97. The molecule has 1 aromatic rings. The van der Waals surface area contributed by atoms with Crippen LogP contribution in [0.25, 0.3) is 0 Å². The summed E-state index contributed by atoms with van der Waals surface area (Å²) in [5.41, 5.74) is 1.74. The molecule has 1 aromatic carbocycles. The molecule has 1 unspecified atom stereocenters. The lowest BCUT2D eigenvalue weighted by Gasteiger charge is -2.32. The third-order valence-corrected chi connectivity index (χ3v) is 6.22. The largest absolute Gasteiger partial charge is 0.494 e. The molecule has 2 aliphatic heterocycles. The Balaban J connectivity index is 1.94. The molecular weight excluding hydrogens is 319 g/mol. The lowest BCUT2D eigenvalue weighted by atomic mass is 9.79. The minimum atomic E-state index is -0.316. The molecule has 0 aliphatic carbocycles. The van der Waals surface area contributed by atoms with Crippen molar-refractivity contribution in [3.8, 4) is 0 Å². The molecule has 4 nitrogen and oxygen atoms in total. The molecule has 2 heterocycles. The molecule has 1 N–H and O–H groups in total. The van der Waals surface area contributed by atoms with Crippen LogP contribution >= 0.6 is 11.9 Å². The molecule has 3 rings (SSSR count). The highest BCUT2D eigenvalue weighted by Crippen LogP contribution is 2.37. The van der Waals surface area contributed by atoms with Gasteiger partial charge in [-0.15, -0.1) is 0 Å². The summed E-state index contributed by atoms with van der Waals surface area (Å²) in [7, 11) is 1.63. The topological polar surface area (TPSA) is 33.7 Å². The second-order valence-corrected chi connectivity index (χ2v) is 8.92. The molecule has 2 aliphatic rings. The quantitative estimate of drug-likeness (QED) is 0.668. The molecule has 24 heavy (non-hydrogen) atoms. The van der Waals surface area contributed by atoms with Crippen molar-refractivity contribution >= 4 is 30.2 Å². The van der Waals surface area contributed by atoms with Crippen molar-refractivity contribution < 1.29 is 9.31 Å². The first-order valence-electron chi connectivity index (χ1n) is 8.84.